The first-order valence-electron chi connectivity index (χ1n) is 6.09. The zero-order valence-corrected chi connectivity index (χ0v) is 13.6. The summed E-state index contributed by atoms with van der Waals surface area (Å²) >= 11 is 3.22. The molecule has 0 bridgehead atoms. The van der Waals surface area contributed by atoms with E-state index in [-0.39, 0.29) is 17.0 Å². The molecule has 0 unspecified atom stereocenters. The van der Waals surface area contributed by atoms with Crippen molar-refractivity contribution in [2.75, 3.05) is 5.73 Å². The molecule has 0 aliphatic rings. The van der Waals surface area contributed by atoms with E-state index in [4.69, 9.17) is 5.73 Å². The molecule has 0 heterocycles. The van der Waals surface area contributed by atoms with Gasteiger partial charge in [0, 0.05) is 22.3 Å². The lowest BCUT2D eigenvalue weighted by Crippen LogP contribution is -2.24. The number of hydrogen-bond acceptors (Lipinski definition) is 3. The maximum absolute atomic E-state index is 13.6. The van der Waals surface area contributed by atoms with Crippen molar-refractivity contribution in [3.63, 3.8) is 0 Å². The SMILES string of the molecule is Cc1ccc(N)cc1S(=O)(=O)NCc1cc(Br)ccc1F. The minimum atomic E-state index is -3.75. The molecule has 0 aliphatic heterocycles. The number of aryl methyl sites for hydroxylation is 1. The molecule has 0 spiro atoms. The fourth-order valence-electron chi connectivity index (χ4n) is 1.84. The summed E-state index contributed by atoms with van der Waals surface area (Å²) in [7, 11) is -3.75. The van der Waals surface area contributed by atoms with Crippen molar-refractivity contribution < 1.29 is 12.8 Å². The van der Waals surface area contributed by atoms with E-state index in [1.54, 1.807) is 25.1 Å². The summed E-state index contributed by atoms with van der Waals surface area (Å²) in [6.07, 6.45) is 0. The topological polar surface area (TPSA) is 72.2 Å². The maximum Gasteiger partial charge on any atom is 0.241 e. The van der Waals surface area contributed by atoms with Crippen LogP contribution >= 0.6 is 15.9 Å². The van der Waals surface area contributed by atoms with E-state index in [0.29, 0.717) is 15.7 Å². The van der Waals surface area contributed by atoms with Gasteiger partial charge in [-0.15, -0.1) is 0 Å². The fraction of sp³-hybridized carbons (Fsp3) is 0.143. The number of rotatable bonds is 4. The van der Waals surface area contributed by atoms with Gasteiger partial charge in [0.2, 0.25) is 10.0 Å². The number of hydrogen-bond donors (Lipinski definition) is 2. The molecule has 0 saturated heterocycles. The normalized spacial score (nSPS) is 11.6. The van der Waals surface area contributed by atoms with Crippen molar-refractivity contribution in [3.8, 4) is 0 Å². The molecule has 112 valence electrons. The molecular weight excluding hydrogens is 359 g/mol. The Bertz CT molecular complexity index is 779. The van der Waals surface area contributed by atoms with Crippen molar-refractivity contribution in [2.45, 2.75) is 18.4 Å². The first-order chi connectivity index (χ1) is 9.79. The summed E-state index contributed by atoms with van der Waals surface area (Å²) in [5.74, 6) is -0.467. The zero-order valence-electron chi connectivity index (χ0n) is 11.2. The van der Waals surface area contributed by atoms with Crippen LogP contribution < -0.4 is 10.5 Å². The molecule has 0 atom stereocenters. The molecule has 2 aromatic rings. The molecule has 4 nitrogen and oxygen atoms in total. The Labute approximate surface area is 131 Å². The third-order valence-corrected chi connectivity index (χ3v) is 5.00. The molecule has 0 aromatic heterocycles. The standard InChI is InChI=1S/C14H14BrFN2O2S/c1-9-2-4-12(17)7-14(9)21(19,20)18-8-10-6-11(15)3-5-13(10)16/h2-7,18H,8,17H2,1H3. The van der Waals surface area contributed by atoms with Gasteiger partial charge < -0.3 is 5.73 Å². The molecule has 0 amide bonds. The molecule has 0 saturated carbocycles. The first-order valence-corrected chi connectivity index (χ1v) is 8.37. The average Bonchev–Trinajstić information content (AvgIpc) is 2.42. The molecule has 3 N–H and O–H groups in total. The van der Waals surface area contributed by atoms with Crippen LogP contribution in [0.2, 0.25) is 0 Å². The van der Waals surface area contributed by atoms with Gasteiger partial charge in [-0.25, -0.2) is 17.5 Å². The second kappa shape index (κ2) is 6.13. The third kappa shape index (κ3) is 3.81. The van der Waals surface area contributed by atoms with E-state index in [9.17, 15) is 12.8 Å². The highest BCUT2D eigenvalue weighted by Gasteiger charge is 2.17. The van der Waals surface area contributed by atoms with Crippen LogP contribution in [0.4, 0.5) is 10.1 Å². The van der Waals surface area contributed by atoms with Crippen molar-refractivity contribution >= 4 is 31.6 Å². The lowest BCUT2D eigenvalue weighted by Gasteiger charge is -2.11. The highest BCUT2D eigenvalue weighted by atomic mass is 79.9. The lowest BCUT2D eigenvalue weighted by molar-refractivity contribution is 0.574. The van der Waals surface area contributed by atoms with Crippen LogP contribution in [0.1, 0.15) is 11.1 Å². The van der Waals surface area contributed by atoms with Gasteiger partial charge in [-0.2, -0.15) is 0 Å². The van der Waals surface area contributed by atoms with E-state index < -0.39 is 15.8 Å². The number of halogens is 2. The lowest BCUT2D eigenvalue weighted by atomic mass is 10.2. The molecule has 0 radical (unpaired) electrons. The Kier molecular flexibility index (Phi) is 4.65. The minimum Gasteiger partial charge on any atom is -0.399 e. The van der Waals surface area contributed by atoms with Crippen LogP contribution in [-0.2, 0) is 16.6 Å². The van der Waals surface area contributed by atoms with Crippen LogP contribution in [0, 0.1) is 12.7 Å². The van der Waals surface area contributed by atoms with E-state index in [1.807, 2.05) is 0 Å². The second-order valence-corrected chi connectivity index (χ2v) is 7.24. The summed E-state index contributed by atoms with van der Waals surface area (Å²) in [6.45, 7) is 1.54. The van der Waals surface area contributed by atoms with E-state index in [1.165, 1.54) is 18.2 Å². The number of nitrogen functional groups attached to an aromatic ring is 1. The summed E-state index contributed by atoms with van der Waals surface area (Å²) in [4.78, 5) is 0.0953. The molecule has 0 aliphatic carbocycles. The molecule has 0 fully saturated rings. The molecule has 7 heteroatoms. The van der Waals surface area contributed by atoms with Gasteiger partial charge in [-0.1, -0.05) is 22.0 Å². The zero-order chi connectivity index (χ0) is 15.6. The van der Waals surface area contributed by atoms with Crippen molar-refractivity contribution in [1.82, 2.24) is 4.72 Å². The highest BCUT2D eigenvalue weighted by Crippen LogP contribution is 2.20. The Balaban J connectivity index is 2.26. The number of sulfonamides is 1. The van der Waals surface area contributed by atoms with Crippen LogP contribution in [-0.4, -0.2) is 8.42 Å². The predicted molar refractivity (Wildman–Crippen MR) is 83.7 cm³/mol. The molecule has 21 heavy (non-hydrogen) atoms. The fourth-order valence-corrected chi connectivity index (χ4v) is 3.53. The van der Waals surface area contributed by atoms with Crippen molar-refractivity contribution in [2.24, 2.45) is 0 Å². The number of benzene rings is 2. The number of nitrogens with one attached hydrogen (secondary N) is 1. The third-order valence-electron chi connectivity index (χ3n) is 2.96. The largest absolute Gasteiger partial charge is 0.399 e. The van der Waals surface area contributed by atoms with Crippen LogP contribution in [0.5, 0.6) is 0 Å². The minimum absolute atomic E-state index is 0.0953. The summed E-state index contributed by atoms with van der Waals surface area (Å²) < 4.78 is 41.2. The van der Waals surface area contributed by atoms with Crippen LogP contribution in [0.15, 0.2) is 45.8 Å². The smallest absolute Gasteiger partial charge is 0.241 e. The Morgan fingerprint density at radius 2 is 1.95 bits per heavy atom. The van der Waals surface area contributed by atoms with Gasteiger partial charge in [0.05, 0.1) is 4.90 Å². The summed E-state index contributed by atoms with van der Waals surface area (Å²) in [6, 6.07) is 9.00. The van der Waals surface area contributed by atoms with Crippen LogP contribution in [0.25, 0.3) is 0 Å². The van der Waals surface area contributed by atoms with E-state index in [0.717, 1.165) is 0 Å². The summed E-state index contributed by atoms with van der Waals surface area (Å²) in [5, 5.41) is 0. The Hall–Kier alpha value is -1.44. The monoisotopic (exact) mass is 372 g/mol. The van der Waals surface area contributed by atoms with Crippen molar-refractivity contribution in [3.05, 3.63) is 57.8 Å². The Morgan fingerprint density at radius 3 is 2.67 bits per heavy atom. The predicted octanol–water partition coefficient (Wildman–Crippen LogP) is 2.96. The quantitative estimate of drug-likeness (QED) is 0.810. The number of anilines is 1. The number of nitrogens with two attached hydrogens (primary N) is 1. The van der Waals surface area contributed by atoms with Crippen LogP contribution in [0.3, 0.4) is 0 Å². The van der Waals surface area contributed by atoms with Gasteiger partial charge in [-0.05, 0) is 42.8 Å². The summed E-state index contributed by atoms with van der Waals surface area (Å²) in [5.41, 5.74) is 6.81. The van der Waals surface area contributed by atoms with Gasteiger partial charge in [-0.3, -0.25) is 0 Å². The molecule has 2 rings (SSSR count). The van der Waals surface area contributed by atoms with Gasteiger partial charge in [0.15, 0.2) is 0 Å². The van der Waals surface area contributed by atoms with E-state index in [2.05, 4.69) is 20.7 Å². The average molecular weight is 373 g/mol. The molecule has 2 aromatic carbocycles. The van der Waals surface area contributed by atoms with Gasteiger partial charge in [0.25, 0.3) is 0 Å². The first kappa shape index (κ1) is 15.9. The maximum atomic E-state index is 13.6. The second-order valence-electron chi connectivity index (χ2n) is 4.59. The molecular formula is C14H14BrFN2O2S. The van der Waals surface area contributed by atoms with Crippen molar-refractivity contribution in [1.29, 1.82) is 0 Å². The van der Waals surface area contributed by atoms with Gasteiger partial charge in [0.1, 0.15) is 5.82 Å². The highest BCUT2D eigenvalue weighted by molar-refractivity contribution is 9.10. The Morgan fingerprint density at radius 1 is 1.24 bits per heavy atom. The van der Waals surface area contributed by atoms with Gasteiger partial charge >= 0.3 is 0 Å². The van der Waals surface area contributed by atoms with E-state index >= 15 is 0 Å².